The van der Waals surface area contributed by atoms with Gasteiger partial charge in [-0.25, -0.2) is 0 Å². The van der Waals surface area contributed by atoms with Crippen LogP contribution in [0.4, 0.5) is 0 Å². The lowest BCUT2D eigenvalue weighted by Gasteiger charge is -2.49. The molecule has 0 aromatic heterocycles. The number of ether oxygens (including phenoxy) is 1. The second kappa shape index (κ2) is 1.27. The summed E-state index contributed by atoms with van der Waals surface area (Å²) in [5.41, 5.74) is 0.697. The molecule has 0 unspecified atom stereocenters. The van der Waals surface area contributed by atoms with E-state index in [-0.39, 0.29) is 0 Å². The predicted molar refractivity (Wildman–Crippen MR) is 31.7 cm³/mol. The van der Waals surface area contributed by atoms with Crippen LogP contribution >= 0.6 is 0 Å². The van der Waals surface area contributed by atoms with E-state index in [0.29, 0.717) is 11.5 Å². The molecule has 0 amide bonds. The first-order valence-corrected chi connectivity index (χ1v) is 3.40. The van der Waals surface area contributed by atoms with Crippen molar-refractivity contribution in [3.8, 4) is 0 Å². The van der Waals surface area contributed by atoms with E-state index in [4.69, 9.17) is 4.74 Å². The molecule has 3 fully saturated rings. The zero-order valence-electron chi connectivity index (χ0n) is 5.31. The molecule has 2 aliphatic heterocycles. The minimum Gasteiger partial charge on any atom is -0.378 e. The molecule has 0 aromatic carbocycles. The molecule has 1 saturated carbocycles. The molecule has 2 saturated heterocycles. The van der Waals surface area contributed by atoms with Crippen molar-refractivity contribution in [2.45, 2.75) is 32.3 Å². The van der Waals surface area contributed by atoms with Gasteiger partial charge in [-0.05, 0) is 24.7 Å². The van der Waals surface area contributed by atoms with Gasteiger partial charge in [0.15, 0.2) is 0 Å². The Bertz CT molecular complexity index is 97.4. The fraction of sp³-hybridized carbons (Fsp3) is 1.00. The maximum atomic E-state index is 5.41. The van der Waals surface area contributed by atoms with Gasteiger partial charge in [-0.15, -0.1) is 0 Å². The SMILES string of the molecule is CC12CCOC(C1)C2. The molecule has 3 aliphatic rings. The third-order valence-electron chi connectivity index (χ3n) is 2.50. The monoisotopic (exact) mass is 112 g/mol. The van der Waals surface area contributed by atoms with Crippen molar-refractivity contribution in [1.29, 1.82) is 0 Å². The highest BCUT2D eigenvalue weighted by Gasteiger charge is 2.43. The topological polar surface area (TPSA) is 9.23 Å². The summed E-state index contributed by atoms with van der Waals surface area (Å²) in [4.78, 5) is 0. The maximum Gasteiger partial charge on any atom is 0.0585 e. The molecular weight excluding hydrogens is 100 g/mol. The van der Waals surface area contributed by atoms with E-state index in [9.17, 15) is 0 Å². The van der Waals surface area contributed by atoms with Crippen LogP contribution in [-0.2, 0) is 4.74 Å². The maximum absolute atomic E-state index is 5.41. The Balaban J connectivity index is 2.06. The molecule has 2 heterocycles. The summed E-state index contributed by atoms with van der Waals surface area (Å²) in [6.07, 6.45) is 4.59. The van der Waals surface area contributed by atoms with Gasteiger partial charge in [0.1, 0.15) is 0 Å². The van der Waals surface area contributed by atoms with Gasteiger partial charge in [-0.1, -0.05) is 6.92 Å². The lowest BCUT2D eigenvalue weighted by Crippen LogP contribution is -2.46. The van der Waals surface area contributed by atoms with Gasteiger partial charge in [0, 0.05) is 6.61 Å². The second-order valence-corrected chi connectivity index (χ2v) is 3.46. The zero-order chi connectivity index (χ0) is 5.61. The van der Waals surface area contributed by atoms with E-state index in [2.05, 4.69) is 6.92 Å². The van der Waals surface area contributed by atoms with E-state index in [0.717, 1.165) is 6.61 Å². The standard InChI is InChI=1S/C7H12O/c1-7-2-3-8-6(4-7)5-7/h6H,2-5H2,1H3. The Hall–Kier alpha value is -0.0400. The van der Waals surface area contributed by atoms with Crippen molar-refractivity contribution in [2.24, 2.45) is 5.41 Å². The zero-order valence-corrected chi connectivity index (χ0v) is 5.31. The molecular formula is C7H12O. The van der Waals surface area contributed by atoms with Gasteiger partial charge in [0.25, 0.3) is 0 Å². The van der Waals surface area contributed by atoms with Crippen LogP contribution in [0.1, 0.15) is 26.2 Å². The highest BCUT2D eigenvalue weighted by molar-refractivity contribution is 4.94. The highest BCUT2D eigenvalue weighted by Crippen LogP contribution is 2.48. The highest BCUT2D eigenvalue weighted by atomic mass is 16.5. The van der Waals surface area contributed by atoms with Crippen molar-refractivity contribution in [2.75, 3.05) is 6.61 Å². The van der Waals surface area contributed by atoms with Gasteiger partial charge >= 0.3 is 0 Å². The number of hydrogen-bond acceptors (Lipinski definition) is 1. The summed E-state index contributed by atoms with van der Waals surface area (Å²) < 4.78 is 5.41. The van der Waals surface area contributed by atoms with Crippen LogP contribution in [0, 0.1) is 5.41 Å². The Kier molecular flexibility index (Phi) is 0.762. The molecule has 1 nitrogen and oxygen atoms in total. The van der Waals surface area contributed by atoms with E-state index in [1.807, 2.05) is 0 Å². The summed E-state index contributed by atoms with van der Waals surface area (Å²) >= 11 is 0. The van der Waals surface area contributed by atoms with Gasteiger partial charge < -0.3 is 4.74 Å². The van der Waals surface area contributed by atoms with Gasteiger partial charge in [0.05, 0.1) is 6.10 Å². The molecule has 0 atom stereocenters. The molecule has 8 heavy (non-hydrogen) atoms. The van der Waals surface area contributed by atoms with Crippen LogP contribution in [0.5, 0.6) is 0 Å². The molecule has 2 bridgehead atoms. The predicted octanol–water partition coefficient (Wildman–Crippen LogP) is 1.58. The Morgan fingerprint density at radius 1 is 1.50 bits per heavy atom. The van der Waals surface area contributed by atoms with Crippen molar-refractivity contribution in [1.82, 2.24) is 0 Å². The fourth-order valence-corrected chi connectivity index (χ4v) is 1.83. The third kappa shape index (κ3) is 0.510. The van der Waals surface area contributed by atoms with Crippen molar-refractivity contribution >= 4 is 0 Å². The molecule has 46 valence electrons. The first-order chi connectivity index (χ1) is 3.79. The molecule has 0 spiro atoms. The summed E-state index contributed by atoms with van der Waals surface area (Å²) in [5.74, 6) is 0. The van der Waals surface area contributed by atoms with E-state index in [1.165, 1.54) is 19.3 Å². The molecule has 0 radical (unpaired) electrons. The van der Waals surface area contributed by atoms with E-state index in [1.54, 1.807) is 0 Å². The number of fused-ring (bicyclic) bond motifs is 2. The van der Waals surface area contributed by atoms with Gasteiger partial charge in [-0.3, -0.25) is 0 Å². The van der Waals surface area contributed by atoms with Crippen LogP contribution in [0.3, 0.4) is 0 Å². The summed E-state index contributed by atoms with van der Waals surface area (Å²) in [7, 11) is 0. The summed E-state index contributed by atoms with van der Waals surface area (Å²) in [5, 5.41) is 0. The third-order valence-corrected chi connectivity index (χ3v) is 2.50. The van der Waals surface area contributed by atoms with Crippen LogP contribution in [0.25, 0.3) is 0 Å². The first kappa shape index (κ1) is 4.80. The Labute approximate surface area is 50.0 Å². The molecule has 3 rings (SSSR count). The molecule has 0 aromatic rings. The largest absolute Gasteiger partial charge is 0.378 e. The average molecular weight is 112 g/mol. The van der Waals surface area contributed by atoms with E-state index >= 15 is 0 Å². The van der Waals surface area contributed by atoms with Gasteiger partial charge in [0.2, 0.25) is 0 Å². The number of hydrogen-bond donors (Lipinski definition) is 0. The van der Waals surface area contributed by atoms with Crippen LogP contribution < -0.4 is 0 Å². The lowest BCUT2D eigenvalue weighted by molar-refractivity contribution is -0.138. The van der Waals surface area contributed by atoms with Crippen LogP contribution in [-0.4, -0.2) is 12.7 Å². The quantitative estimate of drug-likeness (QED) is 0.462. The van der Waals surface area contributed by atoms with Gasteiger partial charge in [-0.2, -0.15) is 0 Å². The number of rotatable bonds is 0. The second-order valence-electron chi connectivity index (χ2n) is 3.46. The normalized spacial score (nSPS) is 52.9. The minimum absolute atomic E-state index is 0.647. The molecule has 1 aliphatic carbocycles. The van der Waals surface area contributed by atoms with Crippen LogP contribution in [0.15, 0.2) is 0 Å². The smallest absolute Gasteiger partial charge is 0.0585 e. The average Bonchev–Trinajstić information content (AvgIpc) is 1.63. The fourth-order valence-electron chi connectivity index (χ4n) is 1.83. The Morgan fingerprint density at radius 3 is 2.50 bits per heavy atom. The Morgan fingerprint density at radius 2 is 2.25 bits per heavy atom. The summed E-state index contributed by atoms with van der Waals surface area (Å²) in [6.45, 7) is 3.38. The van der Waals surface area contributed by atoms with Crippen molar-refractivity contribution in [3.05, 3.63) is 0 Å². The molecule has 0 N–H and O–H groups in total. The lowest BCUT2D eigenvalue weighted by atomic mass is 9.65. The van der Waals surface area contributed by atoms with Crippen molar-refractivity contribution in [3.63, 3.8) is 0 Å². The van der Waals surface area contributed by atoms with Crippen molar-refractivity contribution < 1.29 is 4.74 Å². The van der Waals surface area contributed by atoms with E-state index < -0.39 is 0 Å². The minimum atomic E-state index is 0.647. The van der Waals surface area contributed by atoms with Crippen LogP contribution in [0.2, 0.25) is 0 Å². The molecule has 1 heteroatoms. The summed E-state index contributed by atoms with van der Waals surface area (Å²) in [6, 6.07) is 0. The first-order valence-electron chi connectivity index (χ1n) is 3.40.